The summed E-state index contributed by atoms with van der Waals surface area (Å²) in [7, 11) is 0. The predicted molar refractivity (Wildman–Crippen MR) is 64.0 cm³/mol. The zero-order valence-corrected chi connectivity index (χ0v) is 10.4. The molecular formula is C12H20N2O2. The van der Waals surface area contributed by atoms with E-state index in [-0.39, 0.29) is 12.0 Å². The van der Waals surface area contributed by atoms with E-state index in [9.17, 15) is 4.79 Å². The van der Waals surface area contributed by atoms with Crippen LogP contribution in [0.4, 0.5) is 0 Å². The number of carbonyl (C=O) groups excluding carboxylic acids is 1. The minimum absolute atomic E-state index is 0.197. The van der Waals surface area contributed by atoms with Crippen LogP contribution in [0.15, 0.2) is 12.1 Å². The first-order valence-electron chi connectivity index (χ1n) is 5.68. The topological polar surface area (TPSA) is 43.3 Å². The van der Waals surface area contributed by atoms with Crippen LogP contribution in [0.2, 0.25) is 0 Å². The molecule has 0 fully saturated rings. The second-order valence-corrected chi connectivity index (χ2v) is 3.79. The van der Waals surface area contributed by atoms with Gasteiger partial charge < -0.3 is 10.2 Å². The molecule has 0 amide bonds. The number of ether oxygens (including phenoxy) is 1. The van der Waals surface area contributed by atoms with Crippen molar-refractivity contribution in [1.29, 1.82) is 0 Å². The first kappa shape index (κ1) is 12.6. The third-order valence-corrected chi connectivity index (χ3v) is 2.54. The molecule has 1 atom stereocenters. The minimum Gasteiger partial charge on any atom is -0.464 e. The predicted octanol–water partition coefficient (Wildman–Crippen LogP) is 1.99. The highest BCUT2D eigenvalue weighted by atomic mass is 16.5. The summed E-state index contributed by atoms with van der Waals surface area (Å²) in [5.41, 5.74) is 5.34. The molecule has 1 heterocycles. The van der Waals surface area contributed by atoms with Crippen molar-refractivity contribution < 1.29 is 9.53 Å². The van der Waals surface area contributed by atoms with Crippen molar-refractivity contribution in [3.8, 4) is 0 Å². The zero-order valence-electron chi connectivity index (χ0n) is 10.4. The van der Waals surface area contributed by atoms with Gasteiger partial charge >= 0.3 is 5.97 Å². The minimum atomic E-state index is -0.287. The van der Waals surface area contributed by atoms with Gasteiger partial charge in [0.25, 0.3) is 0 Å². The molecule has 4 nitrogen and oxygen atoms in total. The molecule has 0 aliphatic rings. The Morgan fingerprint density at radius 1 is 1.38 bits per heavy atom. The van der Waals surface area contributed by atoms with Crippen molar-refractivity contribution in [2.24, 2.45) is 0 Å². The van der Waals surface area contributed by atoms with E-state index in [1.807, 2.05) is 44.5 Å². The smallest absolute Gasteiger partial charge is 0.330 e. The maximum atomic E-state index is 11.6. The monoisotopic (exact) mass is 224 g/mol. The molecule has 0 bridgehead atoms. The Kier molecular flexibility index (Phi) is 4.40. The van der Waals surface area contributed by atoms with Gasteiger partial charge in [-0.05, 0) is 39.3 Å². The third kappa shape index (κ3) is 2.78. The molecule has 0 aliphatic heterocycles. The molecule has 1 unspecified atom stereocenters. The summed E-state index contributed by atoms with van der Waals surface area (Å²) in [5.74, 6) is -0.197. The standard InChI is InChI=1S/C12H20N2O2/c1-5-11(12(15)16-6-2)13-14-9(3)7-8-10(14)4/h7-8,11,13H,5-6H2,1-4H3. The van der Waals surface area contributed by atoms with Crippen molar-refractivity contribution >= 4 is 5.97 Å². The fourth-order valence-corrected chi connectivity index (χ4v) is 1.58. The van der Waals surface area contributed by atoms with Gasteiger partial charge in [0.1, 0.15) is 6.04 Å². The van der Waals surface area contributed by atoms with E-state index in [0.29, 0.717) is 13.0 Å². The lowest BCUT2D eigenvalue weighted by Crippen LogP contribution is -2.36. The number of aromatic nitrogens is 1. The van der Waals surface area contributed by atoms with Gasteiger partial charge in [-0.2, -0.15) is 0 Å². The van der Waals surface area contributed by atoms with Crippen molar-refractivity contribution in [1.82, 2.24) is 4.68 Å². The molecular weight excluding hydrogens is 204 g/mol. The van der Waals surface area contributed by atoms with Gasteiger partial charge in [-0.15, -0.1) is 0 Å². The fourth-order valence-electron chi connectivity index (χ4n) is 1.58. The van der Waals surface area contributed by atoms with Crippen LogP contribution in [0, 0.1) is 13.8 Å². The molecule has 0 radical (unpaired) electrons. The van der Waals surface area contributed by atoms with E-state index < -0.39 is 0 Å². The number of hydrogen-bond donors (Lipinski definition) is 1. The van der Waals surface area contributed by atoms with Crippen LogP contribution < -0.4 is 5.43 Å². The highest BCUT2D eigenvalue weighted by Crippen LogP contribution is 2.07. The van der Waals surface area contributed by atoms with Crippen molar-refractivity contribution in [3.63, 3.8) is 0 Å². The number of nitrogens with zero attached hydrogens (tertiary/aromatic N) is 1. The highest BCUT2D eigenvalue weighted by Gasteiger charge is 2.18. The molecule has 0 saturated heterocycles. The van der Waals surface area contributed by atoms with E-state index in [0.717, 1.165) is 11.4 Å². The number of hydrogen-bond acceptors (Lipinski definition) is 3. The molecule has 1 rings (SSSR count). The molecule has 0 aliphatic carbocycles. The Morgan fingerprint density at radius 2 is 1.94 bits per heavy atom. The normalized spacial score (nSPS) is 12.2. The summed E-state index contributed by atoms with van der Waals surface area (Å²) in [4.78, 5) is 11.6. The summed E-state index contributed by atoms with van der Waals surface area (Å²) in [6, 6.07) is 3.74. The van der Waals surface area contributed by atoms with Crippen LogP contribution in [0.25, 0.3) is 0 Å². The van der Waals surface area contributed by atoms with Crippen LogP contribution in [-0.2, 0) is 9.53 Å². The van der Waals surface area contributed by atoms with Gasteiger partial charge in [0.2, 0.25) is 0 Å². The Hall–Kier alpha value is -1.45. The first-order chi connectivity index (χ1) is 7.60. The fraction of sp³-hybridized carbons (Fsp3) is 0.583. The molecule has 1 N–H and O–H groups in total. The Balaban J connectivity index is 2.74. The summed E-state index contributed by atoms with van der Waals surface area (Å²) in [5, 5.41) is 0. The summed E-state index contributed by atoms with van der Waals surface area (Å²) >= 11 is 0. The van der Waals surface area contributed by atoms with Crippen LogP contribution >= 0.6 is 0 Å². The number of rotatable bonds is 5. The maximum absolute atomic E-state index is 11.6. The summed E-state index contributed by atoms with van der Waals surface area (Å²) < 4.78 is 6.93. The molecule has 90 valence electrons. The van der Waals surface area contributed by atoms with Crippen molar-refractivity contribution in [2.75, 3.05) is 12.0 Å². The van der Waals surface area contributed by atoms with E-state index >= 15 is 0 Å². The van der Waals surface area contributed by atoms with Gasteiger partial charge in [0, 0.05) is 11.4 Å². The van der Waals surface area contributed by atoms with Crippen LogP contribution in [0.3, 0.4) is 0 Å². The molecule has 16 heavy (non-hydrogen) atoms. The van der Waals surface area contributed by atoms with Crippen LogP contribution in [0.5, 0.6) is 0 Å². The van der Waals surface area contributed by atoms with E-state index in [4.69, 9.17) is 4.74 Å². The SMILES string of the molecule is CCOC(=O)C(CC)Nn1c(C)ccc1C. The van der Waals surface area contributed by atoms with Crippen LogP contribution in [-0.4, -0.2) is 23.3 Å². The molecule has 1 aromatic rings. The Labute approximate surface area is 96.6 Å². The number of esters is 1. The number of nitrogens with one attached hydrogen (secondary N) is 1. The molecule has 0 spiro atoms. The highest BCUT2D eigenvalue weighted by molar-refractivity contribution is 5.77. The number of carbonyl (C=O) groups is 1. The average molecular weight is 224 g/mol. The first-order valence-corrected chi connectivity index (χ1v) is 5.68. The van der Waals surface area contributed by atoms with Crippen molar-refractivity contribution in [3.05, 3.63) is 23.5 Å². The van der Waals surface area contributed by atoms with E-state index in [1.165, 1.54) is 0 Å². The van der Waals surface area contributed by atoms with Crippen LogP contribution in [0.1, 0.15) is 31.7 Å². The second kappa shape index (κ2) is 5.58. The molecule has 0 aromatic carbocycles. The lowest BCUT2D eigenvalue weighted by Gasteiger charge is -2.20. The summed E-state index contributed by atoms with van der Waals surface area (Å²) in [6.45, 7) is 8.19. The molecule has 4 heteroatoms. The lowest BCUT2D eigenvalue weighted by atomic mass is 10.2. The van der Waals surface area contributed by atoms with Gasteiger partial charge in [0.15, 0.2) is 0 Å². The Morgan fingerprint density at radius 3 is 2.38 bits per heavy atom. The van der Waals surface area contributed by atoms with E-state index in [2.05, 4.69) is 5.43 Å². The van der Waals surface area contributed by atoms with Gasteiger partial charge in [-0.25, -0.2) is 4.79 Å². The van der Waals surface area contributed by atoms with Crippen molar-refractivity contribution in [2.45, 2.75) is 40.2 Å². The molecule has 0 saturated carbocycles. The van der Waals surface area contributed by atoms with E-state index in [1.54, 1.807) is 0 Å². The van der Waals surface area contributed by atoms with Gasteiger partial charge in [-0.3, -0.25) is 4.68 Å². The third-order valence-electron chi connectivity index (χ3n) is 2.54. The lowest BCUT2D eigenvalue weighted by molar-refractivity contribution is -0.144. The molecule has 1 aromatic heterocycles. The quantitative estimate of drug-likeness (QED) is 0.778. The zero-order chi connectivity index (χ0) is 12.1. The largest absolute Gasteiger partial charge is 0.464 e. The average Bonchev–Trinajstić information content (AvgIpc) is 2.56. The van der Waals surface area contributed by atoms with Gasteiger partial charge in [0.05, 0.1) is 6.61 Å². The maximum Gasteiger partial charge on any atom is 0.330 e. The summed E-state index contributed by atoms with van der Waals surface area (Å²) in [6.07, 6.45) is 0.704. The number of aryl methyl sites for hydroxylation is 2. The van der Waals surface area contributed by atoms with Gasteiger partial charge in [-0.1, -0.05) is 6.92 Å². The second-order valence-electron chi connectivity index (χ2n) is 3.79. The Bertz CT molecular complexity index is 338.